The van der Waals surface area contributed by atoms with Crippen molar-refractivity contribution in [2.45, 2.75) is 12.5 Å². The van der Waals surface area contributed by atoms with Gasteiger partial charge in [-0.15, -0.1) is 0 Å². The van der Waals surface area contributed by atoms with Crippen molar-refractivity contribution in [2.24, 2.45) is 0 Å². The molecule has 3 heteroatoms. The van der Waals surface area contributed by atoms with Crippen LogP contribution >= 0.6 is 0 Å². The lowest BCUT2D eigenvalue weighted by atomic mass is 10.3. The van der Waals surface area contributed by atoms with E-state index in [9.17, 15) is 0 Å². The van der Waals surface area contributed by atoms with Crippen LogP contribution in [0.5, 0.6) is 0 Å². The van der Waals surface area contributed by atoms with E-state index in [1.807, 2.05) is 0 Å². The van der Waals surface area contributed by atoms with Gasteiger partial charge in [0.2, 0.25) is 0 Å². The Morgan fingerprint density at radius 1 is 1.75 bits per heavy atom. The van der Waals surface area contributed by atoms with Crippen LogP contribution < -0.4 is 5.32 Å². The minimum absolute atomic E-state index is 0.194. The van der Waals surface area contributed by atoms with E-state index in [-0.39, 0.29) is 12.7 Å². The Labute approximate surface area is 48.7 Å². The highest BCUT2D eigenvalue weighted by atomic mass is 16.5. The monoisotopic (exact) mass is 116 g/mol. The highest BCUT2D eigenvalue weighted by molar-refractivity contribution is 4.64. The number of nitrogens with zero attached hydrogens (tertiary/aromatic N) is 1. The van der Waals surface area contributed by atoms with E-state index in [0.29, 0.717) is 6.73 Å². The zero-order chi connectivity index (χ0) is 5.82. The molecule has 0 aromatic heterocycles. The smallest absolute Gasteiger partial charge is 0.113 e. The summed E-state index contributed by atoms with van der Waals surface area (Å²) in [4.78, 5) is 0. The summed E-state index contributed by atoms with van der Waals surface area (Å²) >= 11 is 0. The van der Waals surface area contributed by atoms with Gasteiger partial charge in [0.15, 0.2) is 0 Å². The second-order valence-corrected chi connectivity index (χ2v) is 1.84. The Morgan fingerprint density at radius 3 is 3.12 bits per heavy atom. The van der Waals surface area contributed by atoms with Crippen LogP contribution in [0.3, 0.4) is 0 Å². The van der Waals surface area contributed by atoms with E-state index in [1.54, 1.807) is 0 Å². The summed E-state index contributed by atoms with van der Waals surface area (Å²) in [6.45, 7) is 1.49. The largest absolute Gasteiger partial charge is 0.396 e. The van der Waals surface area contributed by atoms with E-state index in [4.69, 9.17) is 9.84 Å². The molecule has 1 fully saturated rings. The van der Waals surface area contributed by atoms with Gasteiger partial charge in [-0.05, 0) is 6.42 Å². The van der Waals surface area contributed by atoms with Crippen LogP contribution in [-0.2, 0) is 4.74 Å². The Morgan fingerprint density at radius 2 is 2.62 bits per heavy atom. The molecule has 1 saturated heterocycles. The van der Waals surface area contributed by atoms with Gasteiger partial charge in [-0.2, -0.15) is 0 Å². The molecular formula is C5H10NO2. The first-order valence-corrected chi connectivity index (χ1v) is 2.79. The SMILES string of the molecule is OCCC1C[N]CO1. The zero-order valence-electron chi connectivity index (χ0n) is 4.71. The molecule has 1 rings (SSSR count). The molecule has 1 aliphatic heterocycles. The van der Waals surface area contributed by atoms with Gasteiger partial charge in [-0.3, -0.25) is 0 Å². The summed E-state index contributed by atoms with van der Waals surface area (Å²) in [6.07, 6.45) is 0.920. The Hall–Kier alpha value is -0.120. The topological polar surface area (TPSA) is 43.6 Å². The van der Waals surface area contributed by atoms with Gasteiger partial charge in [0.05, 0.1) is 6.10 Å². The normalized spacial score (nSPS) is 28.9. The number of hydrogen-bond donors (Lipinski definition) is 1. The minimum Gasteiger partial charge on any atom is -0.396 e. The molecule has 3 nitrogen and oxygen atoms in total. The van der Waals surface area contributed by atoms with Crippen LogP contribution in [-0.4, -0.2) is 31.1 Å². The summed E-state index contributed by atoms with van der Waals surface area (Å²) in [5.41, 5.74) is 0. The van der Waals surface area contributed by atoms with Crippen molar-refractivity contribution >= 4 is 0 Å². The lowest BCUT2D eigenvalue weighted by molar-refractivity contribution is 0.0897. The number of aliphatic hydroxyl groups is 1. The van der Waals surface area contributed by atoms with E-state index in [1.165, 1.54) is 0 Å². The number of aliphatic hydroxyl groups excluding tert-OH is 1. The van der Waals surface area contributed by atoms with Crippen LogP contribution in [0.15, 0.2) is 0 Å². The van der Waals surface area contributed by atoms with Crippen molar-refractivity contribution in [3.05, 3.63) is 0 Å². The lowest BCUT2D eigenvalue weighted by Crippen LogP contribution is -2.12. The third-order valence-electron chi connectivity index (χ3n) is 1.19. The van der Waals surface area contributed by atoms with Crippen LogP contribution in [0.4, 0.5) is 0 Å². The van der Waals surface area contributed by atoms with Crippen molar-refractivity contribution in [2.75, 3.05) is 19.9 Å². The zero-order valence-corrected chi connectivity index (χ0v) is 4.71. The molecule has 1 unspecified atom stereocenters. The van der Waals surface area contributed by atoms with Gasteiger partial charge in [0.1, 0.15) is 6.73 Å². The van der Waals surface area contributed by atoms with Crippen molar-refractivity contribution in [3.8, 4) is 0 Å². The fraction of sp³-hybridized carbons (Fsp3) is 1.00. The molecule has 1 N–H and O–H groups in total. The number of rotatable bonds is 2. The van der Waals surface area contributed by atoms with Crippen molar-refractivity contribution < 1.29 is 9.84 Å². The van der Waals surface area contributed by atoms with E-state index < -0.39 is 0 Å². The second kappa shape index (κ2) is 3.02. The Bertz CT molecular complexity index is 61.4. The molecule has 0 amide bonds. The van der Waals surface area contributed by atoms with Crippen molar-refractivity contribution in [3.63, 3.8) is 0 Å². The molecule has 1 radical (unpaired) electrons. The fourth-order valence-electron chi connectivity index (χ4n) is 0.726. The van der Waals surface area contributed by atoms with E-state index in [2.05, 4.69) is 5.32 Å². The molecule has 0 saturated carbocycles. The van der Waals surface area contributed by atoms with Crippen molar-refractivity contribution in [1.29, 1.82) is 0 Å². The fourth-order valence-corrected chi connectivity index (χ4v) is 0.726. The maximum Gasteiger partial charge on any atom is 0.113 e. The molecule has 1 atom stereocenters. The molecule has 0 aromatic rings. The molecule has 1 aliphatic rings. The maximum atomic E-state index is 8.41. The first-order valence-electron chi connectivity index (χ1n) is 2.79. The van der Waals surface area contributed by atoms with E-state index in [0.717, 1.165) is 13.0 Å². The Balaban J connectivity index is 2.06. The molecular weight excluding hydrogens is 106 g/mol. The molecule has 1 heterocycles. The predicted molar refractivity (Wildman–Crippen MR) is 28.4 cm³/mol. The van der Waals surface area contributed by atoms with Gasteiger partial charge < -0.3 is 9.84 Å². The number of ether oxygens (including phenoxy) is 1. The third kappa shape index (κ3) is 1.43. The molecule has 0 bridgehead atoms. The van der Waals surface area contributed by atoms with Crippen LogP contribution in [0, 0.1) is 0 Å². The number of hydrogen-bond acceptors (Lipinski definition) is 2. The molecule has 0 aromatic carbocycles. The molecule has 8 heavy (non-hydrogen) atoms. The summed E-state index contributed by atoms with van der Waals surface area (Å²) in [5.74, 6) is 0. The summed E-state index contributed by atoms with van der Waals surface area (Å²) < 4.78 is 5.07. The van der Waals surface area contributed by atoms with E-state index >= 15 is 0 Å². The molecule has 0 spiro atoms. The van der Waals surface area contributed by atoms with Gasteiger partial charge in [-0.1, -0.05) is 0 Å². The quantitative estimate of drug-likeness (QED) is 0.520. The second-order valence-electron chi connectivity index (χ2n) is 1.84. The first kappa shape index (κ1) is 6.01. The third-order valence-corrected chi connectivity index (χ3v) is 1.19. The Kier molecular flexibility index (Phi) is 2.27. The summed E-state index contributed by atoms with van der Waals surface area (Å²) in [7, 11) is 0. The van der Waals surface area contributed by atoms with Gasteiger partial charge in [0.25, 0.3) is 0 Å². The predicted octanol–water partition coefficient (Wildman–Crippen LogP) is -0.671. The highest BCUT2D eigenvalue weighted by Gasteiger charge is 2.13. The average Bonchev–Trinajstić information content (AvgIpc) is 2.19. The van der Waals surface area contributed by atoms with Crippen LogP contribution in [0.25, 0.3) is 0 Å². The highest BCUT2D eigenvalue weighted by Crippen LogP contribution is 2.01. The lowest BCUT2D eigenvalue weighted by Gasteiger charge is -2.02. The molecule has 47 valence electrons. The maximum absolute atomic E-state index is 8.41. The molecule has 0 aliphatic carbocycles. The summed E-state index contributed by atoms with van der Waals surface area (Å²) in [6, 6.07) is 0. The standard InChI is InChI=1S/C5H10NO2/c7-2-1-5-3-6-4-8-5/h5,7H,1-4H2. The first-order chi connectivity index (χ1) is 3.93. The van der Waals surface area contributed by atoms with Crippen molar-refractivity contribution in [1.82, 2.24) is 5.32 Å². The van der Waals surface area contributed by atoms with Gasteiger partial charge in [0, 0.05) is 13.2 Å². The van der Waals surface area contributed by atoms with Crippen LogP contribution in [0.2, 0.25) is 0 Å². The van der Waals surface area contributed by atoms with Gasteiger partial charge in [-0.25, -0.2) is 5.32 Å². The summed E-state index contributed by atoms with van der Waals surface area (Å²) in [5, 5.41) is 12.4. The average molecular weight is 116 g/mol. The van der Waals surface area contributed by atoms with Crippen LogP contribution in [0.1, 0.15) is 6.42 Å². The van der Waals surface area contributed by atoms with Gasteiger partial charge >= 0.3 is 0 Å². The minimum atomic E-state index is 0.194.